The summed E-state index contributed by atoms with van der Waals surface area (Å²) in [6.45, 7) is 9.33. The maximum atomic E-state index is 5.86. The van der Waals surface area contributed by atoms with Gasteiger partial charge in [0.2, 0.25) is 0 Å². The van der Waals surface area contributed by atoms with E-state index in [9.17, 15) is 0 Å². The normalized spacial score (nSPS) is 14.2. The Morgan fingerprint density at radius 1 is 1.33 bits per heavy atom. The minimum atomic E-state index is 0.204. The maximum Gasteiger partial charge on any atom is 0.0675 e. The van der Waals surface area contributed by atoms with Crippen molar-refractivity contribution in [1.82, 2.24) is 5.32 Å². The van der Waals surface area contributed by atoms with E-state index in [1.807, 2.05) is 12.1 Å². The van der Waals surface area contributed by atoms with Crippen LogP contribution in [0.5, 0.6) is 0 Å². The van der Waals surface area contributed by atoms with Crippen LogP contribution in [0.4, 0.5) is 0 Å². The first-order valence-electron chi connectivity index (χ1n) is 6.32. The van der Waals surface area contributed by atoms with E-state index in [-0.39, 0.29) is 6.10 Å². The van der Waals surface area contributed by atoms with Crippen molar-refractivity contribution in [3.63, 3.8) is 0 Å². The lowest BCUT2D eigenvalue weighted by Crippen LogP contribution is -2.35. The first kappa shape index (κ1) is 15.2. The zero-order valence-electron chi connectivity index (χ0n) is 11.2. The van der Waals surface area contributed by atoms with Gasteiger partial charge in [0.25, 0.3) is 0 Å². The highest BCUT2D eigenvalue weighted by molar-refractivity contribution is 6.30. The molecule has 0 aliphatic heterocycles. The van der Waals surface area contributed by atoms with Crippen molar-refractivity contribution in [2.24, 2.45) is 0 Å². The quantitative estimate of drug-likeness (QED) is 0.729. The molecule has 100 valence electrons. The van der Waals surface area contributed by atoms with E-state index in [4.69, 9.17) is 16.3 Å². The summed E-state index contributed by atoms with van der Waals surface area (Å²) < 4.78 is 5.51. The summed E-state index contributed by atoms with van der Waals surface area (Å²) in [6, 6.07) is 8.41. The van der Waals surface area contributed by atoms with Crippen LogP contribution in [0.2, 0.25) is 5.02 Å². The number of hydrogen-bond acceptors (Lipinski definition) is 2. The van der Waals surface area contributed by atoms with Gasteiger partial charge in [-0.2, -0.15) is 0 Å². The number of hydrogen-bond donors (Lipinski definition) is 1. The molecule has 0 spiro atoms. The third-order valence-corrected chi connectivity index (χ3v) is 2.96. The van der Waals surface area contributed by atoms with E-state index in [0.717, 1.165) is 18.0 Å². The average molecular weight is 268 g/mol. The predicted octanol–water partition coefficient (Wildman–Crippen LogP) is 3.45. The van der Waals surface area contributed by atoms with E-state index in [0.29, 0.717) is 12.6 Å². The van der Waals surface area contributed by atoms with Gasteiger partial charge in [0, 0.05) is 17.6 Å². The van der Waals surface area contributed by atoms with Crippen molar-refractivity contribution in [2.45, 2.75) is 32.4 Å². The second-order valence-corrected chi connectivity index (χ2v) is 5.01. The van der Waals surface area contributed by atoms with Gasteiger partial charge in [-0.1, -0.05) is 29.8 Å². The van der Waals surface area contributed by atoms with Crippen molar-refractivity contribution < 1.29 is 4.74 Å². The van der Waals surface area contributed by atoms with Crippen LogP contribution in [0.15, 0.2) is 36.9 Å². The molecule has 1 rings (SSSR count). The first-order chi connectivity index (χ1) is 8.61. The molecule has 1 aromatic rings. The van der Waals surface area contributed by atoms with Crippen molar-refractivity contribution >= 4 is 11.6 Å². The van der Waals surface area contributed by atoms with Gasteiger partial charge in [-0.25, -0.2) is 0 Å². The number of benzene rings is 1. The molecule has 0 saturated carbocycles. The highest BCUT2D eigenvalue weighted by atomic mass is 35.5. The minimum absolute atomic E-state index is 0.204. The van der Waals surface area contributed by atoms with E-state index < -0.39 is 0 Å². The van der Waals surface area contributed by atoms with Crippen LogP contribution < -0.4 is 5.32 Å². The molecule has 1 N–H and O–H groups in total. The molecule has 0 aliphatic rings. The van der Waals surface area contributed by atoms with Gasteiger partial charge in [0.1, 0.15) is 0 Å². The van der Waals surface area contributed by atoms with E-state index in [1.54, 1.807) is 6.08 Å². The third kappa shape index (κ3) is 6.20. The second kappa shape index (κ2) is 8.30. The summed E-state index contributed by atoms with van der Waals surface area (Å²) in [5, 5.41) is 4.25. The zero-order valence-corrected chi connectivity index (χ0v) is 11.9. The highest BCUT2D eigenvalue weighted by Crippen LogP contribution is 2.11. The SMILES string of the molecule is C=CCOC(C)CNC(C)Cc1ccc(Cl)cc1. The fourth-order valence-corrected chi connectivity index (χ4v) is 1.83. The van der Waals surface area contributed by atoms with Gasteiger partial charge in [0.05, 0.1) is 12.7 Å². The maximum absolute atomic E-state index is 5.86. The van der Waals surface area contributed by atoms with Crippen LogP contribution >= 0.6 is 11.6 Å². The molecule has 0 heterocycles. The van der Waals surface area contributed by atoms with Gasteiger partial charge in [-0.05, 0) is 38.0 Å². The largest absolute Gasteiger partial charge is 0.373 e. The summed E-state index contributed by atoms with van der Waals surface area (Å²) >= 11 is 5.86. The highest BCUT2D eigenvalue weighted by Gasteiger charge is 2.06. The minimum Gasteiger partial charge on any atom is -0.373 e. The number of rotatable bonds is 8. The lowest BCUT2D eigenvalue weighted by Gasteiger charge is -2.18. The van der Waals surface area contributed by atoms with Gasteiger partial charge >= 0.3 is 0 Å². The number of halogens is 1. The van der Waals surface area contributed by atoms with Crippen molar-refractivity contribution in [2.75, 3.05) is 13.2 Å². The van der Waals surface area contributed by atoms with Crippen molar-refractivity contribution in [1.29, 1.82) is 0 Å². The van der Waals surface area contributed by atoms with Crippen LogP contribution in [-0.4, -0.2) is 25.3 Å². The number of nitrogens with one attached hydrogen (secondary N) is 1. The van der Waals surface area contributed by atoms with E-state index in [2.05, 4.69) is 37.9 Å². The Hall–Kier alpha value is -0.830. The van der Waals surface area contributed by atoms with Gasteiger partial charge in [-0.3, -0.25) is 0 Å². The molecular formula is C15H22ClNO. The molecular weight excluding hydrogens is 246 g/mol. The monoisotopic (exact) mass is 267 g/mol. The summed E-state index contributed by atoms with van der Waals surface area (Å²) in [6.07, 6.45) is 2.97. The standard InChI is InChI=1S/C15H22ClNO/c1-4-9-18-13(3)11-17-12(2)10-14-5-7-15(16)8-6-14/h4-8,12-13,17H,1,9-11H2,2-3H3. The van der Waals surface area contributed by atoms with Crippen LogP contribution in [0.1, 0.15) is 19.4 Å². The Labute approximate surface area is 115 Å². The molecule has 2 atom stereocenters. The van der Waals surface area contributed by atoms with Crippen LogP contribution in [-0.2, 0) is 11.2 Å². The Morgan fingerprint density at radius 2 is 2.00 bits per heavy atom. The van der Waals surface area contributed by atoms with Crippen LogP contribution in [0, 0.1) is 0 Å². The van der Waals surface area contributed by atoms with Crippen LogP contribution in [0.3, 0.4) is 0 Å². The topological polar surface area (TPSA) is 21.3 Å². The van der Waals surface area contributed by atoms with Crippen molar-refractivity contribution in [3.05, 3.63) is 47.5 Å². The Kier molecular flexibility index (Phi) is 7.02. The Bertz CT molecular complexity index is 350. The summed E-state index contributed by atoms with van der Waals surface area (Å²) in [4.78, 5) is 0. The third-order valence-electron chi connectivity index (χ3n) is 2.71. The molecule has 0 fully saturated rings. The average Bonchev–Trinajstić information content (AvgIpc) is 2.36. The molecule has 1 aromatic carbocycles. The molecule has 0 amide bonds. The number of ether oxygens (including phenoxy) is 1. The molecule has 0 bridgehead atoms. The Morgan fingerprint density at radius 3 is 2.61 bits per heavy atom. The summed E-state index contributed by atoms with van der Waals surface area (Å²) in [5.74, 6) is 0. The lowest BCUT2D eigenvalue weighted by atomic mass is 10.1. The van der Waals surface area contributed by atoms with Gasteiger partial charge in [0.15, 0.2) is 0 Å². The van der Waals surface area contributed by atoms with E-state index in [1.165, 1.54) is 5.56 Å². The molecule has 2 nitrogen and oxygen atoms in total. The van der Waals surface area contributed by atoms with Crippen LogP contribution in [0.25, 0.3) is 0 Å². The molecule has 0 aromatic heterocycles. The second-order valence-electron chi connectivity index (χ2n) is 4.57. The smallest absolute Gasteiger partial charge is 0.0675 e. The predicted molar refractivity (Wildman–Crippen MR) is 78.2 cm³/mol. The van der Waals surface area contributed by atoms with Gasteiger partial charge < -0.3 is 10.1 Å². The fourth-order valence-electron chi connectivity index (χ4n) is 1.70. The Balaban J connectivity index is 2.26. The summed E-state index contributed by atoms with van der Waals surface area (Å²) in [7, 11) is 0. The molecule has 0 aliphatic carbocycles. The van der Waals surface area contributed by atoms with Crippen molar-refractivity contribution in [3.8, 4) is 0 Å². The molecule has 0 radical (unpaired) electrons. The molecule has 18 heavy (non-hydrogen) atoms. The molecule has 0 saturated heterocycles. The zero-order chi connectivity index (χ0) is 13.4. The molecule has 2 unspecified atom stereocenters. The molecule has 3 heteroatoms. The first-order valence-corrected chi connectivity index (χ1v) is 6.70. The van der Waals surface area contributed by atoms with Gasteiger partial charge in [-0.15, -0.1) is 6.58 Å². The van der Waals surface area contributed by atoms with E-state index >= 15 is 0 Å². The lowest BCUT2D eigenvalue weighted by molar-refractivity contribution is 0.0860. The summed E-state index contributed by atoms with van der Waals surface area (Å²) in [5.41, 5.74) is 1.29. The fraction of sp³-hybridized carbons (Fsp3) is 0.467.